The molecule has 1 fully saturated rings. The Morgan fingerprint density at radius 1 is 1.29 bits per heavy atom. The molecule has 2 nitrogen and oxygen atoms in total. The van der Waals surface area contributed by atoms with E-state index >= 15 is 0 Å². The van der Waals surface area contributed by atoms with Gasteiger partial charge in [0, 0.05) is 37.4 Å². The molecule has 17 heavy (non-hydrogen) atoms. The van der Waals surface area contributed by atoms with Gasteiger partial charge in [0.2, 0.25) is 0 Å². The Hall–Kier alpha value is -0.900. The lowest BCUT2D eigenvalue weighted by molar-refractivity contribution is 0.234. The predicted octanol–water partition coefficient (Wildman–Crippen LogP) is 2.61. The molecule has 1 N–H and O–H groups in total. The van der Waals surface area contributed by atoms with Gasteiger partial charge < -0.3 is 5.32 Å². The average molecular weight is 246 g/mol. The topological polar surface area (TPSA) is 15.3 Å². The molecule has 0 unspecified atom stereocenters. The fourth-order valence-electron chi connectivity index (χ4n) is 2.43. The summed E-state index contributed by atoms with van der Waals surface area (Å²) < 4.78 is 1.42. The standard InChI is InChI=1S/C14H18N2S/c1-11-2-3-14-13(8-11)12(10-17-14)9-16-6-4-15-5-7-16/h2-3,8,10,15H,4-7,9H2,1H3. The Labute approximate surface area is 106 Å². The molecule has 1 aliphatic heterocycles. The third-order valence-corrected chi connectivity index (χ3v) is 4.43. The quantitative estimate of drug-likeness (QED) is 0.876. The monoisotopic (exact) mass is 246 g/mol. The zero-order valence-electron chi connectivity index (χ0n) is 10.2. The largest absolute Gasteiger partial charge is 0.314 e. The van der Waals surface area contributed by atoms with Crippen molar-refractivity contribution >= 4 is 21.4 Å². The molecule has 90 valence electrons. The third kappa shape index (κ3) is 2.37. The van der Waals surface area contributed by atoms with Gasteiger partial charge in [-0.2, -0.15) is 0 Å². The summed E-state index contributed by atoms with van der Waals surface area (Å²) >= 11 is 1.87. The maximum absolute atomic E-state index is 3.40. The van der Waals surface area contributed by atoms with Crippen molar-refractivity contribution < 1.29 is 0 Å². The summed E-state index contributed by atoms with van der Waals surface area (Å²) in [5, 5.41) is 7.18. The Kier molecular flexibility index (Phi) is 3.14. The second-order valence-corrected chi connectivity index (χ2v) is 5.70. The summed E-state index contributed by atoms with van der Waals surface area (Å²) in [6.45, 7) is 7.87. The van der Waals surface area contributed by atoms with Crippen LogP contribution >= 0.6 is 11.3 Å². The second kappa shape index (κ2) is 4.77. The first-order valence-electron chi connectivity index (χ1n) is 6.23. The van der Waals surface area contributed by atoms with E-state index in [-0.39, 0.29) is 0 Å². The Morgan fingerprint density at radius 2 is 2.12 bits per heavy atom. The van der Waals surface area contributed by atoms with Gasteiger partial charge in [0.05, 0.1) is 0 Å². The Bertz CT molecular complexity index is 512. The van der Waals surface area contributed by atoms with Crippen LogP contribution in [0.15, 0.2) is 23.6 Å². The maximum Gasteiger partial charge on any atom is 0.0346 e. The van der Waals surface area contributed by atoms with E-state index in [2.05, 4.69) is 40.7 Å². The number of rotatable bonds is 2. The zero-order valence-corrected chi connectivity index (χ0v) is 11.0. The number of aryl methyl sites for hydroxylation is 1. The van der Waals surface area contributed by atoms with Crippen molar-refractivity contribution in [3.63, 3.8) is 0 Å². The summed E-state index contributed by atoms with van der Waals surface area (Å²) in [6.07, 6.45) is 0. The van der Waals surface area contributed by atoms with Crippen LogP contribution in [0.3, 0.4) is 0 Å². The molecule has 2 heterocycles. The van der Waals surface area contributed by atoms with Crippen LogP contribution in [0.1, 0.15) is 11.1 Å². The third-order valence-electron chi connectivity index (χ3n) is 3.41. The van der Waals surface area contributed by atoms with Crippen molar-refractivity contribution in [3.05, 3.63) is 34.7 Å². The molecule has 3 rings (SSSR count). The normalized spacial score (nSPS) is 17.7. The van der Waals surface area contributed by atoms with Crippen LogP contribution in [-0.2, 0) is 6.54 Å². The van der Waals surface area contributed by atoms with Gasteiger partial charge in [0.1, 0.15) is 0 Å². The molecule has 0 aliphatic carbocycles. The maximum atomic E-state index is 3.40. The van der Waals surface area contributed by atoms with Gasteiger partial charge in [-0.05, 0) is 29.3 Å². The van der Waals surface area contributed by atoms with Gasteiger partial charge in [0.15, 0.2) is 0 Å². The number of benzene rings is 1. The van der Waals surface area contributed by atoms with Gasteiger partial charge in [-0.3, -0.25) is 4.90 Å². The lowest BCUT2D eigenvalue weighted by Gasteiger charge is -2.26. The van der Waals surface area contributed by atoms with Gasteiger partial charge in [0.25, 0.3) is 0 Å². The zero-order chi connectivity index (χ0) is 11.7. The minimum Gasteiger partial charge on any atom is -0.314 e. The van der Waals surface area contributed by atoms with Crippen molar-refractivity contribution in [2.45, 2.75) is 13.5 Å². The number of nitrogens with one attached hydrogen (secondary N) is 1. The van der Waals surface area contributed by atoms with Gasteiger partial charge in [-0.1, -0.05) is 17.7 Å². The number of fused-ring (bicyclic) bond motifs is 1. The molecular formula is C14H18N2S. The molecule has 0 radical (unpaired) electrons. The highest BCUT2D eigenvalue weighted by molar-refractivity contribution is 7.17. The van der Waals surface area contributed by atoms with E-state index in [1.165, 1.54) is 34.3 Å². The summed E-state index contributed by atoms with van der Waals surface area (Å²) in [4.78, 5) is 2.54. The minimum atomic E-state index is 1.10. The van der Waals surface area contributed by atoms with Crippen molar-refractivity contribution in [2.24, 2.45) is 0 Å². The fraction of sp³-hybridized carbons (Fsp3) is 0.429. The molecule has 3 heteroatoms. The number of piperazine rings is 1. The van der Waals surface area contributed by atoms with Crippen molar-refractivity contribution in [1.29, 1.82) is 0 Å². The number of hydrogen-bond donors (Lipinski definition) is 1. The molecule has 2 aromatic rings. The molecule has 1 aliphatic rings. The van der Waals surface area contributed by atoms with E-state index in [9.17, 15) is 0 Å². The SMILES string of the molecule is Cc1ccc2scc(CN3CCNCC3)c2c1. The predicted molar refractivity (Wildman–Crippen MR) is 74.7 cm³/mol. The molecule has 1 aromatic carbocycles. The van der Waals surface area contributed by atoms with Crippen LogP contribution in [0.25, 0.3) is 10.1 Å². The summed E-state index contributed by atoms with van der Waals surface area (Å²) in [7, 11) is 0. The van der Waals surface area contributed by atoms with E-state index in [0.717, 1.165) is 19.6 Å². The first kappa shape index (κ1) is 11.2. The van der Waals surface area contributed by atoms with E-state index in [0.29, 0.717) is 0 Å². The summed E-state index contributed by atoms with van der Waals surface area (Å²) in [5.74, 6) is 0. The number of thiophene rings is 1. The summed E-state index contributed by atoms with van der Waals surface area (Å²) in [6, 6.07) is 6.77. The fourth-order valence-corrected chi connectivity index (χ4v) is 3.36. The molecule has 0 spiro atoms. The molecular weight excluding hydrogens is 228 g/mol. The molecule has 1 saturated heterocycles. The van der Waals surface area contributed by atoms with Crippen molar-refractivity contribution in [2.75, 3.05) is 26.2 Å². The first-order valence-corrected chi connectivity index (χ1v) is 7.11. The molecule has 0 saturated carbocycles. The van der Waals surface area contributed by atoms with E-state index < -0.39 is 0 Å². The van der Waals surface area contributed by atoms with Crippen LogP contribution in [0, 0.1) is 6.92 Å². The molecule has 0 amide bonds. The van der Waals surface area contributed by atoms with E-state index in [4.69, 9.17) is 0 Å². The van der Waals surface area contributed by atoms with Gasteiger partial charge in [-0.25, -0.2) is 0 Å². The van der Waals surface area contributed by atoms with Gasteiger partial charge in [-0.15, -0.1) is 11.3 Å². The van der Waals surface area contributed by atoms with Gasteiger partial charge >= 0.3 is 0 Å². The average Bonchev–Trinajstić information content (AvgIpc) is 2.73. The highest BCUT2D eigenvalue weighted by Crippen LogP contribution is 2.27. The summed E-state index contributed by atoms with van der Waals surface area (Å²) in [5.41, 5.74) is 2.85. The van der Waals surface area contributed by atoms with Crippen molar-refractivity contribution in [1.82, 2.24) is 10.2 Å². The highest BCUT2D eigenvalue weighted by Gasteiger charge is 2.12. The second-order valence-electron chi connectivity index (χ2n) is 4.79. The molecule has 1 aromatic heterocycles. The lowest BCUT2D eigenvalue weighted by atomic mass is 10.1. The minimum absolute atomic E-state index is 1.10. The van der Waals surface area contributed by atoms with Crippen LogP contribution in [0.2, 0.25) is 0 Å². The highest BCUT2D eigenvalue weighted by atomic mass is 32.1. The molecule has 0 bridgehead atoms. The van der Waals surface area contributed by atoms with E-state index in [1.807, 2.05) is 11.3 Å². The lowest BCUT2D eigenvalue weighted by Crippen LogP contribution is -2.42. The first-order chi connectivity index (χ1) is 8.33. The number of hydrogen-bond acceptors (Lipinski definition) is 3. The Balaban J connectivity index is 1.86. The molecule has 0 atom stereocenters. The van der Waals surface area contributed by atoms with Crippen LogP contribution in [0.5, 0.6) is 0 Å². The van der Waals surface area contributed by atoms with Crippen LogP contribution in [0.4, 0.5) is 0 Å². The van der Waals surface area contributed by atoms with Crippen LogP contribution in [-0.4, -0.2) is 31.1 Å². The smallest absolute Gasteiger partial charge is 0.0346 e. The van der Waals surface area contributed by atoms with Crippen molar-refractivity contribution in [3.8, 4) is 0 Å². The number of nitrogens with zero attached hydrogens (tertiary/aromatic N) is 1. The van der Waals surface area contributed by atoms with Crippen LogP contribution < -0.4 is 5.32 Å². The van der Waals surface area contributed by atoms with E-state index in [1.54, 1.807) is 0 Å². The Morgan fingerprint density at radius 3 is 2.94 bits per heavy atom.